The van der Waals surface area contributed by atoms with Gasteiger partial charge in [-0.25, -0.2) is 4.79 Å². The first kappa shape index (κ1) is 30.4. The van der Waals surface area contributed by atoms with E-state index < -0.39 is 11.5 Å². The van der Waals surface area contributed by atoms with E-state index in [1.165, 1.54) is 23.3 Å². The largest absolute Gasteiger partial charge is 0.493 e. The van der Waals surface area contributed by atoms with E-state index in [4.69, 9.17) is 16.3 Å². The van der Waals surface area contributed by atoms with Crippen LogP contribution in [0.5, 0.6) is 5.75 Å². The van der Waals surface area contributed by atoms with E-state index in [-0.39, 0.29) is 17.1 Å². The molecule has 2 atom stereocenters. The molecule has 2 aromatic carbocycles. The van der Waals surface area contributed by atoms with Gasteiger partial charge >= 0.3 is 5.97 Å². The number of nitrogens with zero attached hydrogens (tertiary/aromatic N) is 1. The number of carbonyl (C=O) groups is 2. The summed E-state index contributed by atoms with van der Waals surface area (Å²) in [6.07, 6.45) is 10.5. The maximum Gasteiger partial charge on any atom is 0.329 e. The molecule has 1 aromatic heterocycles. The van der Waals surface area contributed by atoms with Gasteiger partial charge in [-0.1, -0.05) is 55.3 Å². The zero-order valence-electron chi connectivity index (χ0n) is 25.8. The molecule has 0 amide bonds. The highest BCUT2D eigenvalue weighted by Crippen LogP contribution is 2.55. The van der Waals surface area contributed by atoms with Gasteiger partial charge in [0.25, 0.3) is 0 Å². The van der Waals surface area contributed by atoms with Crippen molar-refractivity contribution in [3.8, 4) is 5.75 Å². The Morgan fingerprint density at radius 3 is 2.66 bits per heavy atom. The van der Waals surface area contributed by atoms with Gasteiger partial charge in [-0.3, -0.25) is 9.78 Å². The van der Waals surface area contributed by atoms with Crippen LogP contribution in [-0.4, -0.2) is 34.0 Å². The van der Waals surface area contributed by atoms with Crippen molar-refractivity contribution in [3.63, 3.8) is 0 Å². The summed E-state index contributed by atoms with van der Waals surface area (Å²) in [6.45, 7) is 6.67. The van der Waals surface area contributed by atoms with Gasteiger partial charge in [-0.2, -0.15) is 0 Å². The molecule has 0 unspecified atom stereocenters. The monoisotopic (exact) mass is 612 g/mol. The van der Waals surface area contributed by atoms with Crippen molar-refractivity contribution < 1.29 is 19.4 Å². The Bertz CT molecular complexity index is 1620. The highest BCUT2D eigenvalue weighted by atomic mass is 35.5. The molecule has 0 bridgehead atoms. The number of aryl methyl sites for hydroxylation is 1. The molecule has 230 valence electrons. The summed E-state index contributed by atoms with van der Waals surface area (Å²) in [4.78, 5) is 29.8. The lowest BCUT2D eigenvalue weighted by Gasteiger charge is -2.46. The van der Waals surface area contributed by atoms with Gasteiger partial charge < -0.3 is 15.2 Å². The zero-order valence-corrected chi connectivity index (χ0v) is 26.5. The molecule has 7 heteroatoms. The number of ketones is 1. The van der Waals surface area contributed by atoms with E-state index in [0.717, 1.165) is 36.1 Å². The molecule has 1 heterocycles. The number of ether oxygens (including phenoxy) is 1. The van der Waals surface area contributed by atoms with Crippen LogP contribution in [0.1, 0.15) is 104 Å². The molecule has 6 rings (SSSR count). The van der Waals surface area contributed by atoms with E-state index in [9.17, 15) is 14.7 Å². The summed E-state index contributed by atoms with van der Waals surface area (Å²) < 4.78 is 6.48. The van der Waals surface area contributed by atoms with Crippen molar-refractivity contribution in [2.24, 2.45) is 5.92 Å². The number of halogens is 1. The summed E-state index contributed by atoms with van der Waals surface area (Å²) in [5, 5.41) is 14.4. The Labute approximate surface area is 264 Å². The number of hydrogen-bond acceptors (Lipinski definition) is 5. The second-order valence-electron chi connectivity index (χ2n) is 13.2. The van der Waals surface area contributed by atoms with E-state index in [1.807, 2.05) is 36.5 Å². The highest BCUT2D eigenvalue weighted by molar-refractivity contribution is 6.30. The lowest BCUT2D eigenvalue weighted by molar-refractivity contribution is -0.143. The minimum absolute atomic E-state index is 0.0337. The van der Waals surface area contributed by atoms with Gasteiger partial charge in [-0.15, -0.1) is 0 Å². The first-order chi connectivity index (χ1) is 21.1. The van der Waals surface area contributed by atoms with Gasteiger partial charge in [-0.05, 0) is 112 Å². The van der Waals surface area contributed by atoms with Crippen LogP contribution in [0.3, 0.4) is 0 Å². The lowest BCUT2D eigenvalue weighted by atomic mass is 9.61. The molecular weight excluding hydrogens is 572 g/mol. The third-order valence-electron chi connectivity index (χ3n) is 10.2. The van der Waals surface area contributed by atoms with Crippen molar-refractivity contribution in [2.45, 2.75) is 89.0 Å². The Hall–Kier alpha value is -3.64. The highest BCUT2D eigenvalue weighted by Gasteiger charge is 2.51. The number of aromatic nitrogens is 1. The molecule has 0 radical (unpaired) electrons. The van der Waals surface area contributed by atoms with Crippen LogP contribution in [-0.2, 0) is 16.6 Å². The normalized spacial score (nSPS) is 24.6. The average Bonchev–Trinajstić information content (AvgIpc) is 3.28. The number of carboxylic acids is 1. The molecule has 44 heavy (non-hydrogen) atoms. The molecule has 0 aliphatic heterocycles. The average molecular weight is 613 g/mol. The van der Waals surface area contributed by atoms with Gasteiger partial charge in [0.15, 0.2) is 5.78 Å². The fourth-order valence-corrected chi connectivity index (χ4v) is 7.92. The number of aliphatic carboxylic acids is 1. The van der Waals surface area contributed by atoms with Crippen LogP contribution < -0.4 is 10.1 Å². The van der Waals surface area contributed by atoms with Gasteiger partial charge in [0.2, 0.25) is 0 Å². The maximum absolute atomic E-state index is 12.8. The van der Waals surface area contributed by atoms with Crippen molar-refractivity contribution in [3.05, 3.63) is 93.3 Å². The van der Waals surface area contributed by atoms with Crippen molar-refractivity contribution in [2.75, 3.05) is 11.9 Å². The van der Waals surface area contributed by atoms with E-state index in [2.05, 4.69) is 36.3 Å². The van der Waals surface area contributed by atoms with Gasteiger partial charge in [0.05, 0.1) is 6.61 Å². The van der Waals surface area contributed by atoms with Gasteiger partial charge in [0, 0.05) is 39.1 Å². The Morgan fingerprint density at radius 2 is 1.93 bits per heavy atom. The molecule has 6 nitrogen and oxygen atoms in total. The molecule has 1 fully saturated rings. The Balaban J connectivity index is 1.25. The van der Waals surface area contributed by atoms with Crippen LogP contribution >= 0.6 is 11.6 Å². The first-order valence-corrected chi connectivity index (χ1v) is 16.2. The van der Waals surface area contributed by atoms with Crippen molar-refractivity contribution >= 4 is 35.1 Å². The van der Waals surface area contributed by atoms with Crippen molar-refractivity contribution in [1.82, 2.24) is 4.98 Å². The second kappa shape index (κ2) is 12.0. The smallest absolute Gasteiger partial charge is 0.329 e. The second-order valence-corrected chi connectivity index (χ2v) is 13.7. The summed E-state index contributed by atoms with van der Waals surface area (Å²) >= 11 is 6.22. The number of Topliss-reactive ketones (excluding diaryl/α,β-unsaturated/α-hetero) is 1. The minimum Gasteiger partial charge on any atom is -0.493 e. The number of carbonyl (C=O) groups excluding carboxylic acids is 1. The molecule has 3 aliphatic carbocycles. The minimum atomic E-state index is -1.10. The zero-order chi connectivity index (χ0) is 31.1. The summed E-state index contributed by atoms with van der Waals surface area (Å²) in [7, 11) is 0. The summed E-state index contributed by atoms with van der Waals surface area (Å²) in [5.74, 6) is 0.810. The van der Waals surface area contributed by atoms with Crippen molar-refractivity contribution in [1.29, 1.82) is 0 Å². The molecule has 1 saturated carbocycles. The molecule has 3 aliphatic rings. The van der Waals surface area contributed by atoms with Crippen LogP contribution in [0.25, 0.3) is 6.08 Å². The number of carboxylic acid groups (broad SMARTS) is 1. The first-order valence-electron chi connectivity index (χ1n) is 15.8. The fraction of sp³-hybridized carbons (Fsp3) is 0.432. The molecule has 2 N–H and O–H groups in total. The fourth-order valence-electron chi connectivity index (χ4n) is 7.73. The number of allylic oxidation sites excluding steroid dienone is 1. The van der Waals surface area contributed by atoms with E-state index >= 15 is 0 Å². The number of anilines is 1. The maximum atomic E-state index is 12.8. The quantitative estimate of drug-likeness (QED) is 0.235. The topological polar surface area (TPSA) is 88.5 Å². The van der Waals surface area contributed by atoms with Crippen LogP contribution in [0, 0.1) is 5.92 Å². The number of hydrogen-bond donors (Lipinski definition) is 2. The number of nitrogens with one attached hydrogen (secondary N) is 1. The molecule has 1 spiro atoms. The Morgan fingerprint density at radius 1 is 1.14 bits per heavy atom. The standard InChI is InChI=1S/C37H41ClN2O4/c1-23(22-44-33-12-17-39-32-9-4-6-24(2)34(32)33)18-28-19-27-11-10-26(25(3)41)20-31(27)36(28)13-15-37(16-14-36,35(42)43)40-30-8-5-7-29(38)21-30/h5,7-8,10-12,17,19-21,23-24,40H,4,6,9,13-16,18,22H2,1-3H3,(H,42,43)/t23-,24-,36?,37?/m1/s1. The number of fused-ring (bicyclic) bond motifs is 3. The summed E-state index contributed by atoms with van der Waals surface area (Å²) in [5.41, 5.74) is 5.97. The molecule has 3 aromatic rings. The molecule has 0 saturated heterocycles. The van der Waals surface area contributed by atoms with Gasteiger partial charge in [0.1, 0.15) is 11.3 Å². The van der Waals surface area contributed by atoms with E-state index in [1.54, 1.807) is 19.1 Å². The summed E-state index contributed by atoms with van der Waals surface area (Å²) in [6, 6.07) is 15.2. The van der Waals surface area contributed by atoms with Crippen LogP contribution in [0.15, 0.2) is 60.3 Å². The van der Waals surface area contributed by atoms with Crippen LogP contribution in [0.4, 0.5) is 5.69 Å². The lowest BCUT2D eigenvalue weighted by Crippen LogP contribution is -2.52. The van der Waals surface area contributed by atoms with E-state index in [0.29, 0.717) is 54.5 Å². The Kier molecular flexibility index (Phi) is 8.31. The number of rotatable bonds is 9. The number of pyridine rings is 1. The predicted molar refractivity (Wildman–Crippen MR) is 175 cm³/mol. The SMILES string of the molecule is CC(=O)c1ccc2c(c1)C1(CCC(Nc3cccc(Cl)c3)(C(=O)O)CC1)C(C[C@@H](C)COc1ccnc3c1[C@H](C)CCC3)=C2. The van der Waals surface area contributed by atoms with Crippen LogP contribution in [0.2, 0.25) is 5.02 Å². The predicted octanol–water partition coefficient (Wildman–Crippen LogP) is 8.63. The third kappa shape index (κ3) is 5.65. The number of benzene rings is 2. The molecular formula is C37H41ClN2O4. The third-order valence-corrected chi connectivity index (χ3v) is 10.4.